The summed E-state index contributed by atoms with van der Waals surface area (Å²) in [6.45, 7) is 2.42. The van der Waals surface area contributed by atoms with E-state index >= 15 is 0 Å². The Morgan fingerprint density at radius 2 is 1.60 bits per heavy atom. The summed E-state index contributed by atoms with van der Waals surface area (Å²) in [6, 6.07) is 0. The first-order valence-corrected chi connectivity index (χ1v) is 4.86. The van der Waals surface area contributed by atoms with Gasteiger partial charge in [0.05, 0.1) is 0 Å². The van der Waals surface area contributed by atoms with Crippen LogP contribution in [0, 0.1) is 29.6 Å². The third kappa shape index (κ3) is 0.741. The van der Waals surface area contributed by atoms with Gasteiger partial charge in [-0.05, 0) is 55.3 Å². The van der Waals surface area contributed by atoms with Gasteiger partial charge in [0.15, 0.2) is 0 Å². The molecule has 0 heteroatoms. The van der Waals surface area contributed by atoms with E-state index in [0.29, 0.717) is 0 Å². The Bertz CT molecular complexity index is 157. The van der Waals surface area contributed by atoms with Crippen molar-refractivity contribution >= 4 is 0 Å². The monoisotopic (exact) mass is 136 g/mol. The Balaban J connectivity index is 1.58. The van der Waals surface area contributed by atoms with Gasteiger partial charge in [-0.25, -0.2) is 0 Å². The van der Waals surface area contributed by atoms with Crippen LogP contribution >= 0.6 is 0 Å². The summed E-state index contributed by atoms with van der Waals surface area (Å²) in [5, 5.41) is 0. The molecule has 4 atom stereocenters. The molecule has 0 nitrogen and oxygen atoms in total. The molecule has 0 aliphatic heterocycles. The van der Waals surface area contributed by atoms with E-state index in [2.05, 4.69) is 6.92 Å². The van der Waals surface area contributed by atoms with E-state index in [9.17, 15) is 0 Å². The van der Waals surface area contributed by atoms with Crippen LogP contribution in [0.4, 0.5) is 0 Å². The highest BCUT2D eigenvalue weighted by Gasteiger charge is 2.55. The molecule has 0 aromatic carbocycles. The summed E-state index contributed by atoms with van der Waals surface area (Å²) < 4.78 is 0. The van der Waals surface area contributed by atoms with Crippen molar-refractivity contribution in [2.24, 2.45) is 29.6 Å². The first-order chi connectivity index (χ1) is 4.86. The minimum absolute atomic E-state index is 1.11. The van der Waals surface area contributed by atoms with E-state index in [1.165, 1.54) is 23.7 Å². The predicted molar refractivity (Wildman–Crippen MR) is 41.6 cm³/mol. The van der Waals surface area contributed by atoms with Crippen LogP contribution in [0.2, 0.25) is 0 Å². The molecule has 0 N–H and O–H groups in total. The molecule has 0 bridgehead atoms. The van der Waals surface area contributed by atoms with Crippen molar-refractivity contribution < 1.29 is 0 Å². The molecule has 3 fully saturated rings. The smallest absolute Gasteiger partial charge is 0.0349 e. The molecule has 4 unspecified atom stereocenters. The minimum atomic E-state index is 1.11. The molecule has 0 radical (unpaired) electrons. The molecule has 3 saturated carbocycles. The lowest BCUT2D eigenvalue weighted by molar-refractivity contribution is 0.555. The summed E-state index contributed by atoms with van der Waals surface area (Å²) in [4.78, 5) is 0. The van der Waals surface area contributed by atoms with Crippen LogP contribution < -0.4 is 0 Å². The number of rotatable bonds is 2. The Hall–Kier alpha value is 0. The second kappa shape index (κ2) is 1.60. The van der Waals surface area contributed by atoms with Gasteiger partial charge in [-0.15, -0.1) is 0 Å². The number of hydrogen-bond acceptors (Lipinski definition) is 0. The zero-order chi connectivity index (χ0) is 6.72. The zero-order valence-corrected chi connectivity index (χ0v) is 6.72. The Morgan fingerprint density at radius 3 is 2.10 bits per heavy atom. The van der Waals surface area contributed by atoms with E-state index in [1.54, 1.807) is 25.7 Å². The van der Waals surface area contributed by atoms with Gasteiger partial charge in [0, 0.05) is 0 Å². The van der Waals surface area contributed by atoms with Gasteiger partial charge in [0.2, 0.25) is 0 Å². The molecule has 0 aromatic heterocycles. The van der Waals surface area contributed by atoms with Crippen LogP contribution in [-0.4, -0.2) is 0 Å². The maximum atomic E-state index is 2.42. The van der Waals surface area contributed by atoms with E-state index < -0.39 is 0 Å². The quantitative estimate of drug-likeness (QED) is 0.547. The fourth-order valence-electron chi connectivity index (χ4n) is 2.74. The Kier molecular flexibility index (Phi) is 0.898. The van der Waals surface area contributed by atoms with Crippen LogP contribution in [0.1, 0.15) is 32.6 Å². The van der Waals surface area contributed by atoms with Crippen LogP contribution in [0.5, 0.6) is 0 Å². The Labute approximate surface area is 63.0 Å². The second-order valence-electron chi connectivity index (χ2n) is 4.78. The molecule has 0 spiro atoms. The lowest BCUT2D eigenvalue weighted by atomic mass is 10.1. The van der Waals surface area contributed by atoms with Crippen LogP contribution in [0.25, 0.3) is 0 Å². The molecule has 3 rings (SSSR count). The zero-order valence-electron chi connectivity index (χ0n) is 6.72. The predicted octanol–water partition coefficient (Wildman–Crippen LogP) is 2.69. The Morgan fingerprint density at radius 1 is 0.900 bits per heavy atom. The standard InChI is InChI=1S/C10H16/c1-6-4-8(6)10-5-9(10)7-2-3-7/h6-10H,2-5H2,1H3. The van der Waals surface area contributed by atoms with Gasteiger partial charge in [0.25, 0.3) is 0 Å². The number of hydrogen-bond donors (Lipinski definition) is 0. The molecular weight excluding hydrogens is 120 g/mol. The van der Waals surface area contributed by atoms with E-state index in [4.69, 9.17) is 0 Å². The summed E-state index contributed by atoms with van der Waals surface area (Å²) in [7, 11) is 0. The van der Waals surface area contributed by atoms with Crippen molar-refractivity contribution in [3.05, 3.63) is 0 Å². The van der Waals surface area contributed by atoms with Crippen molar-refractivity contribution in [3.63, 3.8) is 0 Å². The maximum absolute atomic E-state index is 2.42. The SMILES string of the molecule is CC1CC1C1CC1C1CC1. The highest BCUT2D eigenvalue weighted by molar-refractivity contribution is 5.05. The molecule has 3 aliphatic rings. The van der Waals surface area contributed by atoms with Gasteiger partial charge in [-0.2, -0.15) is 0 Å². The highest BCUT2D eigenvalue weighted by Crippen LogP contribution is 2.64. The lowest BCUT2D eigenvalue weighted by Gasteiger charge is -1.92. The fourth-order valence-corrected chi connectivity index (χ4v) is 2.74. The average molecular weight is 136 g/mol. The molecule has 10 heavy (non-hydrogen) atoms. The van der Waals surface area contributed by atoms with Gasteiger partial charge >= 0.3 is 0 Å². The van der Waals surface area contributed by atoms with E-state index in [0.717, 1.165) is 5.92 Å². The molecule has 3 aliphatic carbocycles. The molecule has 0 aromatic rings. The molecule has 56 valence electrons. The van der Waals surface area contributed by atoms with Crippen LogP contribution in [-0.2, 0) is 0 Å². The summed E-state index contributed by atoms with van der Waals surface area (Å²) in [6.07, 6.45) is 6.32. The summed E-state index contributed by atoms with van der Waals surface area (Å²) in [5.74, 6) is 5.93. The largest absolute Gasteiger partial charge is 0.0622 e. The molecular formula is C10H16. The van der Waals surface area contributed by atoms with Crippen LogP contribution in [0.15, 0.2) is 0 Å². The second-order valence-corrected chi connectivity index (χ2v) is 4.78. The van der Waals surface area contributed by atoms with E-state index in [1.807, 2.05) is 0 Å². The molecule has 0 heterocycles. The topological polar surface area (TPSA) is 0 Å². The van der Waals surface area contributed by atoms with Gasteiger partial charge in [-0.1, -0.05) is 6.92 Å². The third-order valence-corrected chi connectivity index (χ3v) is 3.84. The molecule has 0 saturated heterocycles. The van der Waals surface area contributed by atoms with Crippen LogP contribution in [0.3, 0.4) is 0 Å². The summed E-state index contributed by atoms with van der Waals surface area (Å²) in [5.41, 5.74) is 0. The molecule has 0 amide bonds. The summed E-state index contributed by atoms with van der Waals surface area (Å²) >= 11 is 0. The lowest BCUT2D eigenvalue weighted by Crippen LogP contribution is -1.87. The normalized spacial score (nSPS) is 58.5. The van der Waals surface area contributed by atoms with Crippen molar-refractivity contribution in [3.8, 4) is 0 Å². The average Bonchev–Trinajstić information content (AvgIpc) is 2.68. The van der Waals surface area contributed by atoms with Crippen molar-refractivity contribution in [1.29, 1.82) is 0 Å². The van der Waals surface area contributed by atoms with Crippen molar-refractivity contribution in [2.75, 3.05) is 0 Å². The fraction of sp³-hybridized carbons (Fsp3) is 1.00. The van der Waals surface area contributed by atoms with Crippen molar-refractivity contribution in [2.45, 2.75) is 32.6 Å². The third-order valence-electron chi connectivity index (χ3n) is 3.84. The first kappa shape index (κ1) is 5.62. The maximum Gasteiger partial charge on any atom is -0.0349 e. The van der Waals surface area contributed by atoms with E-state index in [-0.39, 0.29) is 0 Å². The van der Waals surface area contributed by atoms with Gasteiger partial charge in [-0.3, -0.25) is 0 Å². The highest BCUT2D eigenvalue weighted by atomic mass is 14.6. The van der Waals surface area contributed by atoms with Gasteiger partial charge < -0.3 is 0 Å². The minimum Gasteiger partial charge on any atom is -0.0622 e. The van der Waals surface area contributed by atoms with Crippen molar-refractivity contribution in [1.82, 2.24) is 0 Å². The first-order valence-electron chi connectivity index (χ1n) is 4.86. The van der Waals surface area contributed by atoms with Gasteiger partial charge in [0.1, 0.15) is 0 Å².